The minimum Gasteiger partial charge on any atom is -0.367 e. The fourth-order valence-corrected chi connectivity index (χ4v) is 0.809. The second-order valence-electron chi connectivity index (χ2n) is 2.39. The van der Waals surface area contributed by atoms with Gasteiger partial charge in [-0.25, -0.2) is 0 Å². The quantitative estimate of drug-likeness (QED) is 0.467. The summed E-state index contributed by atoms with van der Waals surface area (Å²) in [7, 11) is 0. The summed E-state index contributed by atoms with van der Waals surface area (Å²) in [6, 6.07) is 0. The zero-order chi connectivity index (χ0) is 8.81. The van der Waals surface area contributed by atoms with Crippen molar-refractivity contribution in [2.45, 2.75) is 0 Å². The van der Waals surface area contributed by atoms with E-state index in [0.29, 0.717) is 11.7 Å². The summed E-state index contributed by atoms with van der Waals surface area (Å²) in [4.78, 5) is 0. The first kappa shape index (κ1) is 12.2. The number of rotatable bonds is 0. The summed E-state index contributed by atoms with van der Waals surface area (Å²) in [6.07, 6.45) is 7.34. The van der Waals surface area contributed by atoms with Crippen molar-refractivity contribution in [3.63, 3.8) is 0 Å². The van der Waals surface area contributed by atoms with Gasteiger partial charge in [0.15, 0.2) is 0 Å². The molecule has 0 aromatic carbocycles. The van der Waals surface area contributed by atoms with E-state index in [-0.39, 0.29) is 22.4 Å². The maximum Gasteiger partial charge on any atom is 0.117 e. The van der Waals surface area contributed by atoms with Gasteiger partial charge in [0.1, 0.15) is 11.7 Å². The number of amidine groups is 2. The van der Waals surface area contributed by atoms with Gasteiger partial charge in [-0.2, -0.15) is 0 Å². The van der Waals surface area contributed by atoms with Gasteiger partial charge in [0.25, 0.3) is 0 Å². The second-order valence-corrected chi connectivity index (χ2v) is 2.39. The Balaban J connectivity index is 0.000000206. The van der Waals surface area contributed by atoms with Crippen LogP contribution in [0, 0.1) is 10.8 Å². The molecule has 4 nitrogen and oxygen atoms in total. The zero-order valence-corrected chi connectivity index (χ0v) is 9.19. The summed E-state index contributed by atoms with van der Waals surface area (Å²) in [6.45, 7) is 1.66. The van der Waals surface area contributed by atoms with Crippen molar-refractivity contribution in [2.75, 3.05) is 13.1 Å². The van der Waals surface area contributed by atoms with E-state index in [0.717, 1.165) is 13.1 Å². The van der Waals surface area contributed by atoms with Crippen molar-refractivity contribution in [3.05, 3.63) is 24.3 Å². The van der Waals surface area contributed by atoms with Crippen molar-refractivity contribution < 1.29 is 22.4 Å². The van der Waals surface area contributed by atoms with Crippen molar-refractivity contribution in [1.82, 2.24) is 10.6 Å². The van der Waals surface area contributed by atoms with Crippen molar-refractivity contribution in [1.29, 1.82) is 10.8 Å². The molecule has 2 aliphatic rings. The Morgan fingerprint density at radius 2 is 1.31 bits per heavy atom. The van der Waals surface area contributed by atoms with Gasteiger partial charge in [0.2, 0.25) is 0 Å². The van der Waals surface area contributed by atoms with E-state index in [1.165, 1.54) is 0 Å². The Morgan fingerprint density at radius 3 is 1.38 bits per heavy atom. The van der Waals surface area contributed by atoms with Crippen molar-refractivity contribution >= 4 is 11.7 Å². The molecule has 2 rings (SSSR count). The number of nitrogens with one attached hydrogen (secondary N) is 4. The zero-order valence-electron chi connectivity index (χ0n) is 7.03. The molecular formula is C8H12AuN4. The van der Waals surface area contributed by atoms with Gasteiger partial charge in [-0.05, 0) is 12.2 Å². The van der Waals surface area contributed by atoms with Crippen LogP contribution in [0.3, 0.4) is 0 Å². The molecule has 0 fully saturated rings. The van der Waals surface area contributed by atoms with E-state index in [1.54, 1.807) is 12.2 Å². The summed E-state index contributed by atoms with van der Waals surface area (Å²) in [5, 5.41) is 19.3. The Morgan fingerprint density at radius 1 is 0.923 bits per heavy atom. The molecule has 0 aromatic heterocycles. The number of hydrogen-bond acceptors (Lipinski definition) is 2. The topological polar surface area (TPSA) is 71.8 Å². The fourth-order valence-electron chi connectivity index (χ4n) is 0.809. The largest absolute Gasteiger partial charge is 0.367 e. The maximum absolute atomic E-state index is 6.85. The average molecular weight is 361 g/mol. The first-order valence-corrected chi connectivity index (χ1v) is 3.77. The normalized spacial score (nSPS) is 16.9. The van der Waals surface area contributed by atoms with Gasteiger partial charge in [-0.3, -0.25) is 10.8 Å². The van der Waals surface area contributed by atoms with Crippen LogP contribution in [-0.4, -0.2) is 24.8 Å². The van der Waals surface area contributed by atoms with E-state index in [1.807, 2.05) is 12.2 Å². The van der Waals surface area contributed by atoms with E-state index < -0.39 is 0 Å². The molecule has 0 aromatic rings. The van der Waals surface area contributed by atoms with E-state index in [9.17, 15) is 0 Å². The van der Waals surface area contributed by atoms with Crippen LogP contribution in [0.4, 0.5) is 0 Å². The van der Waals surface area contributed by atoms with Gasteiger partial charge in [-0.1, -0.05) is 12.2 Å². The molecule has 0 atom stereocenters. The monoisotopic (exact) mass is 361 g/mol. The molecule has 0 aliphatic carbocycles. The molecule has 0 spiro atoms. The average Bonchev–Trinajstić information content (AvgIpc) is 2.63. The summed E-state index contributed by atoms with van der Waals surface area (Å²) in [5.74, 6) is 1.05. The Hall–Kier alpha value is -0.840. The van der Waals surface area contributed by atoms with Crippen LogP contribution in [0.5, 0.6) is 0 Å². The molecule has 1 radical (unpaired) electrons. The Bertz CT molecular complexity index is 219. The van der Waals surface area contributed by atoms with Crippen LogP contribution in [0.1, 0.15) is 0 Å². The summed E-state index contributed by atoms with van der Waals surface area (Å²) < 4.78 is 0. The maximum atomic E-state index is 6.85. The smallest absolute Gasteiger partial charge is 0.117 e. The van der Waals surface area contributed by atoms with Gasteiger partial charge in [0, 0.05) is 35.5 Å². The molecule has 4 N–H and O–H groups in total. The van der Waals surface area contributed by atoms with Crippen molar-refractivity contribution in [2.24, 2.45) is 0 Å². The van der Waals surface area contributed by atoms with E-state index >= 15 is 0 Å². The van der Waals surface area contributed by atoms with Crippen LogP contribution < -0.4 is 10.6 Å². The predicted molar refractivity (Wildman–Crippen MR) is 49.7 cm³/mol. The second kappa shape index (κ2) is 6.65. The minimum absolute atomic E-state index is 0. The third kappa shape index (κ3) is 5.41. The molecule has 0 saturated carbocycles. The molecule has 2 heterocycles. The van der Waals surface area contributed by atoms with Crippen LogP contribution in [-0.2, 0) is 22.4 Å². The first-order valence-electron chi connectivity index (χ1n) is 3.77. The number of hydrogen-bond donors (Lipinski definition) is 4. The summed E-state index contributed by atoms with van der Waals surface area (Å²) >= 11 is 0. The molecule has 0 bridgehead atoms. The molecular weight excluding hydrogens is 349 g/mol. The van der Waals surface area contributed by atoms with Gasteiger partial charge >= 0.3 is 0 Å². The van der Waals surface area contributed by atoms with Gasteiger partial charge in [-0.15, -0.1) is 0 Å². The Kier molecular flexibility index (Phi) is 6.22. The standard InChI is InChI=1S/2C4H6N2.Au/c2*5-4-2-1-3-6-4;/h2*1-2H,3H2,(H2,5,6);. The third-order valence-corrected chi connectivity index (χ3v) is 1.39. The van der Waals surface area contributed by atoms with Crippen LogP contribution >= 0.6 is 0 Å². The van der Waals surface area contributed by atoms with E-state index in [2.05, 4.69) is 10.6 Å². The minimum atomic E-state index is 0. The summed E-state index contributed by atoms with van der Waals surface area (Å²) in [5.41, 5.74) is 0. The molecule has 0 amide bonds. The predicted octanol–water partition coefficient (Wildman–Crippen LogP) is 0.244. The SMILES string of the molecule is N=C1C=CCN1.N=C1C=CCN1.[Au]. The molecule has 13 heavy (non-hydrogen) atoms. The molecule has 75 valence electrons. The van der Waals surface area contributed by atoms with Crippen LogP contribution in [0.15, 0.2) is 24.3 Å². The molecule has 2 aliphatic heterocycles. The van der Waals surface area contributed by atoms with Gasteiger partial charge in [0.05, 0.1) is 0 Å². The van der Waals surface area contributed by atoms with Crippen LogP contribution in [0.25, 0.3) is 0 Å². The van der Waals surface area contributed by atoms with Crippen LogP contribution in [0.2, 0.25) is 0 Å². The van der Waals surface area contributed by atoms with Crippen molar-refractivity contribution in [3.8, 4) is 0 Å². The first-order chi connectivity index (χ1) is 5.79. The molecule has 0 unspecified atom stereocenters. The molecule has 0 saturated heterocycles. The Labute approximate surface area is 93.0 Å². The van der Waals surface area contributed by atoms with E-state index in [4.69, 9.17) is 10.8 Å². The molecule has 5 heteroatoms. The fraction of sp³-hybridized carbons (Fsp3) is 0.250. The third-order valence-electron chi connectivity index (χ3n) is 1.39. The van der Waals surface area contributed by atoms with Gasteiger partial charge < -0.3 is 10.6 Å².